The van der Waals surface area contributed by atoms with Crippen LogP contribution in [0.5, 0.6) is 5.75 Å². The predicted molar refractivity (Wildman–Crippen MR) is 96.8 cm³/mol. The van der Waals surface area contributed by atoms with Gasteiger partial charge in [0.1, 0.15) is 5.75 Å². The standard InChI is InChI=1S/C18H24N2O5S/c1-12(9-17(21)19-13-5-3-2-4-6-13)26(23,24)14-7-8-15-16(10-14)25-11-18(22)20-15/h7-8,10,12-13H,2-6,9,11H2,1H3,(H,19,21)(H,20,22). The van der Waals surface area contributed by atoms with E-state index in [1.165, 1.54) is 31.5 Å². The van der Waals surface area contributed by atoms with E-state index in [-0.39, 0.29) is 35.8 Å². The Bertz CT molecular complexity index is 800. The van der Waals surface area contributed by atoms with Crippen molar-refractivity contribution < 1.29 is 22.7 Å². The zero-order chi connectivity index (χ0) is 18.7. The number of ether oxygens (including phenoxy) is 1. The summed E-state index contributed by atoms with van der Waals surface area (Å²) in [6, 6.07) is 4.50. The van der Waals surface area contributed by atoms with Crippen LogP contribution in [-0.4, -0.2) is 38.1 Å². The Hall–Kier alpha value is -2.09. The SMILES string of the molecule is CC(CC(=O)NC1CCCCC1)S(=O)(=O)c1ccc2c(c1)OCC(=O)N2. The molecule has 0 aromatic heterocycles. The molecule has 1 heterocycles. The average Bonchev–Trinajstić information content (AvgIpc) is 2.61. The van der Waals surface area contributed by atoms with Gasteiger partial charge in [-0.05, 0) is 31.9 Å². The number of hydrogen-bond acceptors (Lipinski definition) is 5. The van der Waals surface area contributed by atoms with E-state index in [4.69, 9.17) is 4.74 Å². The minimum Gasteiger partial charge on any atom is -0.482 e. The molecule has 1 aliphatic heterocycles. The fourth-order valence-electron chi connectivity index (χ4n) is 3.37. The number of hydrogen-bond donors (Lipinski definition) is 2. The van der Waals surface area contributed by atoms with Crippen LogP contribution in [0.2, 0.25) is 0 Å². The largest absolute Gasteiger partial charge is 0.482 e. The van der Waals surface area contributed by atoms with Crippen LogP contribution in [-0.2, 0) is 19.4 Å². The van der Waals surface area contributed by atoms with E-state index in [1.807, 2.05) is 0 Å². The molecule has 142 valence electrons. The van der Waals surface area contributed by atoms with Gasteiger partial charge in [0.2, 0.25) is 5.91 Å². The Labute approximate surface area is 153 Å². The number of nitrogens with one attached hydrogen (secondary N) is 2. The first-order chi connectivity index (χ1) is 12.4. The lowest BCUT2D eigenvalue weighted by Gasteiger charge is -2.23. The van der Waals surface area contributed by atoms with Crippen molar-refractivity contribution in [1.82, 2.24) is 5.32 Å². The van der Waals surface area contributed by atoms with Crippen molar-refractivity contribution in [2.24, 2.45) is 0 Å². The van der Waals surface area contributed by atoms with Crippen LogP contribution in [0.25, 0.3) is 0 Å². The first-order valence-corrected chi connectivity index (χ1v) is 10.5. The van der Waals surface area contributed by atoms with Crippen LogP contribution < -0.4 is 15.4 Å². The third-order valence-corrected chi connectivity index (χ3v) is 7.02. The Morgan fingerprint density at radius 3 is 2.77 bits per heavy atom. The van der Waals surface area contributed by atoms with Gasteiger partial charge in [-0.25, -0.2) is 8.42 Å². The van der Waals surface area contributed by atoms with Gasteiger partial charge in [0.05, 0.1) is 15.8 Å². The lowest BCUT2D eigenvalue weighted by molar-refractivity contribution is -0.122. The second-order valence-electron chi connectivity index (χ2n) is 6.96. The van der Waals surface area contributed by atoms with Crippen LogP contribution in [0, 0.1) is 0 Å². The summed E-state index contributed by atoms with van der Waals surface area (Å²) in [6.07, 6.45) is 5.24. The Morgan fingerprint density at radius 1 is 1.31 bits per heavy atom. The van der Waals surface area contributed by atoms with Gasteiger partial charge in [-0.3, -0.25) is 9.59 Å². The summed E-state index contributed by atoms with van der Waals surface area (Å²) >= 11 is 0. The number of carbonyl (C=O) groups excluding carboxylic acids is 2. The molecule has 1 aromatic rings. The number of anilines is 1. The van der Waals surface area contributed by atoms with E-state index in [9.17, 15) is 18.0 Å². The fourth-order valence-corrected chi connectivity index (χ4v) is 4.73. The molecule has 2 aliphatic rings. The minimum atomic E-state index is -3.68. The third kappa shape index (κ3) is 4.17. The monoisotopic (exact) mass is 380 g/mol. The van der Waals surface area contributed by atoms with Crippen molar-refractivity contribution in [2.45, 2.75) is 61.6 Å². The van der Waals surface area contributed by atoms with E-state index in [2.05, 4.69) is 10.6 Å². The molecule has 1 aromatic carbocycles. The highest BCUT2D eigenvalue weighted by Gasteiger charge is 2.28. The number of amides is 2. The highest BCUT2D eigenvalue weighted by Crippen LogP contribution is 2.31. The van der Waals surface area contributed by atoms with Crippen molar-refractivity contribution in [3.8, 4) is 5.75 Å². The summed E-state index contributed by atoms with van der Waals surface area (Å²) in [6.45, 7) is 1.40. The van der Waals surface area contributed by atoms with Crippen molar-refractivity contribution in [1.29, 1.82) is 0 Å². The Balaban J connectivity index is 1.67. The van der Waals surface area contributed by atoms with Gasteiger partial charge in [0.15, 0.2) is 16.4 Å². The molecule has 1 unspecified atom stereocenters. The maximum absolute atomic E-state index is 12.8. The van der Waals surface area contributed by atoms with Crippen molar-refractivity contribution >= 4 is 27.3 Å². The molecule has 1 atom stereocenters. The highest BCUT2D eigenvalue weighted by molar-refractivity contribution is 7.92. The number of carbonyl (C=O) groups is 2. The summed E-state index contributed by atoms with van der Waals surface area (Å²) < 4.78 is 30.9. The molecule has 7 nitrogen and oxygen atoms in total. The van der Waals surface area contributed by atoms with Gasteiger partial charge >= 0.3 is 0 Å². The number of rotatable bonds is 5. The molecular weight excluding hydrogens is 356 g/mol. The molecule has 2 amide bonds. The van der Waals surface area contributed by atoms with Crippen LogP contribution in [0.4, 0.5) is 5.69 Å². The minimum absolute atomic E-state index is 0.0759. The predicted octanol–water partition coefficient (Wildman–Crippen LogP) is 2.02. The number of fused-ring (bicyclic) bond motifs is 1. The molecule has 1 saturated carbocycles. The van der Waals surface area contributed by atoms with E-state index in [0.717, 1.165) is 25.7 Å². The first kappa shape index (κ1) is 18.7. The van der Waals surface area contributed by atoms with Gasteiger partial charge in [0, 0.05) is 18.5 Å². The topological polar surface area (TPSA) is 102 Å². The summed E-state index contributed by atoms with van der Waals surface area (Å²) in [7, 11) is -3.68. The molecule has 0 bridgehead atoms. The van der Waals surface area contributed by atoms with E-state index in [1.54, 1.807) is 0 Å². The van der Waals surface area contributed by atoms with Crippen molar-refractivity contribution in [2.75, 3.05) is 11.9 Å². The molecule has 0 saturated heterocycles. The zero-order valence-corrected chi connectivity index (χ0v) is 15.6. The van der Waals surface area contributed by atoms with Crippen LogP contribution in [0.15, 0.2) is 23.1 Å². The second kappa shape index (κ2) is 7.65. The summed E-state index contributed by atoms with van der Waals surface area (Å²) in [5, 5.41) is 4.73. The quantitative estimate of drug-likeness (QED) is 0.814. The van der Waals surface area contributed by atoms with Crippen molar-refractivity contribution in [3.63, 3.8) is 0 Å². The van der Waals surface area contributed by atoms with Crippen LogP contribution in [0.3, 0.4) is 0 Å². The Kier molecular flexibility index (Phi) is 5.50. The van der Waals surface area contributed by atoms with Crippen LogP contribution in [0.1, 0.15) is 45.4 Å². The number of sulfone groups is 1. The molecule has 3 rings (SSSR count). The maximum Gasteiger partial charge on any atom is 0.262 e. The maximum atomic E-state index is 12.8. The second-order valence-corrected chi connectivity index (χ2v) is 9.32. The van der Waals surface area contributed by atoms with Crippen molar-refractivity contribution in [3.05, 3.63) is 18.2 Å². The summed E-state index contributed by atoms with van der Waals surface area (Å²) in [4.78, 5) is 23.6. The molecule has 1 aliphatic carbocycles. The molecular formula is C18H24N2O5S. The number of benzene rings is 1. The smallest absolute Gasteiger partial charge is 0.262 e. The van der Waals surface area contributed by atoms with Gasteiger partial charge in [-0.15, -0.1) is 0 Å². The normalized spacial score (nSPS) is 19.0. The lowest BCUT2D eigenvalue weighted by atomic mass is 9.95. The van der Waals surface area contributed by atoms with E-state index < -0.39 is 15.1 Å². The summed E-state index contributed by atoms with van der Waals surface area (Å²) in [5.41, 5.74) is 0.447. The van der Waals surface area contributed by atoms with E-state index >= 15 is 0 Å². The molecule has 1 fully saturated rings. The highest BCUT2D eigenvalue weighted by atomic mass is 32.2. The molecule has 8 heteroatoms. The van der Waals surface area contributed by atoms with Crippen LogP contribution >= 0.6 is 0 Å². The van der Waals surface area contributed by atoms with Gasteiger partial charge < -0.3 is 15.4 Å². The Morgan fingerprint density at radius 2 is 2.04 bits per heavy atom. The van der Waals surface area contributed by atoms with Gasteiger partial charge in [0.25, 0.3) is 5.91 Å². The molecule has 0 radical (unpaired) electrons. The third-order valence-electron chi connectivity index (χ3n) is 4.89. The molecule has 0 spiro atoms. The van der Waals surface area contributed by atoms with E-state index in [0.29, 0.717) is 11.4 Å². The molecule has 26 heavy (non-hydrogen) atoms. The fraction of sp³-hybridized carbons (Fsp3) is 0.556. The van der Waals surface area contributed by atoms with Gasteiger partial charge in [-0.1, -0.05) is 19.3 Å². The summed E-state index contributed by atoms with van der Waals surface area (Å²) in [5.74, 6) is -0.181. The lowest BCUT2D eigenvalue weighted by Crippen LogP contribution is -2.38. The van der Waals surface area contributed by atoms with Gasteiger partial charge in [-0.2, -0.15) is 0 Å². The average molecular weight is 380 g/mol. The zero-order valence-electron chi connectivity index (χ0n) is 14.8. The first-order valence-electron chi connectivity index (χ1n) is 8.96. The molecule has 2 N–H and O–H groups in total.